The van der Waals surface area contributed by atoms with E-state index in [0.717, 1.165) is 16.9 Å². The van der Waals surface area contributed by atoms with Gasteiger partial charge in [-0.3, -0.25) is 0 Å². The third kappa shape index (κ3) is 3.59. The normalized spacial score (nSPS) is 13.8. The molecule has 0 saturated carbocycles. The molecule has 3 heteroatoms. The first-order valence-electron chi connectivity index (χ1n) is 6.91. The maximum atomic E-state index is 10.2. The van der Waals surface area contributed by atoms with E-state index in [1.54, 1.807) is 7.11 Å². The van der Waals surface area contributed by atoms with Crippen LogP contribution < -0.4 is 10.1 Å². The standard InChI is InChI=1S/C17H21NO2/c1-13(15-10-6-7-11-17(15)20-2)18-12-16(19)14-8-4-3-5-9-14/h3-11,13,16,18-19H,12H2,1-2H3/p+1/t13-,16-/m1/s1. The summed E-state index contributed by atoms with van der Waals surface area (Å²) in [6.45, 7) is 2.75. The molecule has 0 aromatic heterocycles. The molecule has 0 aliphatic rings. The molecule has 0 spiro atoms. The van der Waals surface area contributed by atoms with Crippen LogP contribution in [0.5, 0.6) is 5.75 Å². The predicted molar refractivity (Wildman–Crippen MR) is 79.6 cm³/mol. The Morgan fingerprint density at radius 2 is 1.70 bits per heavy atom. The van der Waals surface area contributed by atoms with Gasteiger partial charge in [-0.15, -0.1) is 0 Å². The highest BCUT2D eigenvalue weighted by atomic mass is 16.5. The molecule has 3 N–H and O–H groups in total. The van der Waals surface area contributed by atoms with Crippen LogP contribution in [0.25, 0.3) is 0 Å². The zero-order valence-electron chi connectivity index (χ0n) is 12.0. The van der Waals surface area contributed by atoms with Gasteiger partial charge in [-0.1, -0.05) is 42.5 Å². The van der Waals surface area contributed by atoms with Gasteiger partial charge >= 0.3 is 0 Å². The zero-order chi connectivity index (χ0) is 14.4. The molecule has 20 heavy (non-hydrogen) atoms. The van der Waals surface area contributed by atoms with Gasteiger partial charge in [0.25, 0.3) is 0 Å². The monoisotopic (exact) mass is 272 g/mol. The first-order valence-corrected chi connectivity index (χ1v) is 6.91. The molecule has 0 radical (unpaired) electrons. The predicted octanol–water partition coefficient (Wildman–Crippen LogP) is 2.05. The summed E-state index contributed by atoms with van der Waals surface area (Å²) in [5, 5.41) is 12.3. The van der Waals surface area contributed by atoms with Crippen LogP contribution in [0.3, 0.4) is 0 Å². The van der Waals surface area contributed by atoms with Gasteiger partial charge < -0.3 is 15.2 Å². The maximum absolute atomic E-state index is 10.2. The zero-order valence-corrected chi connectivity index (χ0v) is 12.0. The van der Waals surface area contributed by atoms with Crippen molar-refractivity contribution in [2.24, 2.45) is 0 Å². The van der Waals surface area contributed by atoms with E-state index in [1.807, 2.05) is 48.5 Å². The molecule has 0 unspecified atom stereocenters. The van der Waals surface area contributed by atoms with Crippen LogP contribution in [0.2, 0.25) is 0 Å². The summed E-state index contributed by atoms with van der Waals surface area (Å²) < 4.78 is 5.38. The number of methoxy groups -OCH3 is 1. The fourth-order valence-corrected chi connectivity index (χ4v) is 2.31. The molecular weight excluding hydrogens is 250 g/mol. The maximum Gasteiger partial charge on any atom is 0.128 e. The van der Waals surface area contributed by atoms with Gasteiger partial charge in [0.2, 0.25) is 0 Å². The average molecular weight is 272 g/mol. The molecule has 2 rings (SSSR count). The van der Waals surface area contributed by atoms with Crippen LogP contribution in [-0.4, -0.2) is 18.8 Å². The fraction of sp³-hybridized carbons (Fsp3) is 0.294. The van der Waals surface area contributed by atoms with Crippen molar-refractivity contribution in [2.45, 2.75) is 19.1 Å². The second-order valence-electron chi connectivity index (χ2n) is 4.93. The number of ether oxygens (including phenoxy) is 1. The van der Waals surface area contributed by atoms with Crippen molar-refractivity contribution in [3.63, 3.8) is 0 Å². The molecular formula is C17H22NO2+. The quantitative estimate of drug-likeness (QED) is 0.845. The Bertz CT molecular complexity index is 528. The van der Waals surface area contributed by atoms with Crippen LogP contribution in [0.1, 0.15) is 30.2 Å². The van der Waals surface area contributed by atoms with Gasteiger partial charge in [-0.05, 0) is 24.6 Å². The van der Waals surface area contributed by atoms with Gasteiger partial charge in [0.05, 0.1) is 12.7 Å². The van der Waals surface area contributed by atoms with Crippen molar-refractivity contribution in [1.29, 1.82) is 0 Å². The number of benzene rings is 2. The van der Waals surface area contributed by atoms with Crippen molar-refractivity contribution in [3.05, 3.63) is 65.7 Å². The summed E-state index contributed by atoms with van der Waals surface area (Å²) in [7, 11) is 1.68. The minimum Gasteiger partial charge on any atom is -0.496 e. The van der Waals surface area contributed by atoms with E-state index in [-0.39, 0.29) is 6.04 Å². The lowest BCUT2D eigenvalue weighted by atomic mass is 10.1. The second-order valence-corrected chi connectivity index (χ2v) is 4.93. The van der Waals surface area contributed by atoms with Crippen molar-refractivity contribution in [2.75, 3.05) is 13.7 Å². The lowest BCUT2D eigenvalue weighted by molar-refractivity contribution is -0.699. The molecule has 0 fully saturated rings. The van der Waals surface area contributed by atoms with Crippen molar-refractivity contribution in [1.82, 2.24) is 0 Å². The van der Waals surface area contributed by atoms with Gasteiger partial charge in [0.1, 0.15) is 24.4 Å². The van der Waals surface area contributed by atoms with E-state index >= 15 is 0 Å². The van der Waals surface area contributed by atoms with Crippen LogP contribution >= 0.6 is 0 Å². The van der Waals surface area contributed by atoms with E-state index in [2.05, 4.69) is 18.3 Å². The Labute approximate surface area is 120 Å². The Hall–Kier alpha value is -1.84. The second kappa shape index (κ2) is 7.08. The average Bonchev–Trinajstić information content (AvgIpc) is 2.53. The van der Waals surface area contributed by atoms with E-state index < -0.39 is 6.10 Å². The van der Waals surface area contributed by atoms with Crippen LogP contribution in [0.15, 0.2) is 54.6 Å². The summed E-state index contributed by atoms with van der Waals surface area (Å²) in [4.78, 5) is 0. The lowest BCUT2D eigenvalue weighted by Gasteiger charge is -2.16. The highest BCUT2D eigenvalue weighted by molar-refractivity contribution is 5.34. The Morgan fingerprint density at radius 3 is 2.40 bits per heavy atom. The number of nitrogens with two attached hydrogens (primary N) is 1. The van der Waals surface area contributed by atoms with E-state index in [4.69, 9.17) is 4.74 Å². The summed E-state index contributed by atoms with van der Waals surface area (Å²) in [6, 6.07) is 18.0. The molecule has 0 amide bonds. The van der Waals surface area contributed by atoms with Crippen LogP contribution in [0.4, 0.5) is 0 Å². The van der Waals surface area contributed by atoms with Crippen molar-refractivity contribution in [3.8, 4) is 5.75 Å². The highest BCUT2D eigenvalue weighted by Crippen LogP contribution is 2.22. The van der Waals surface area contributed by atoms with Crippen LogP contribution in [-0.2, 0) is 0 Å². The Kier molecular flexibility index (Phi) is 5.16. The molecule has 0 aliphatic carbocycles. The molecule has 0 heterocycles. The van der Waals surface area contributed by atoms with Crippen LogP contribution in [0, 0.1) is 0 Å². The number of aliphatic hydroxyl groups excluding tert-OH is 1. The topological polar surface area (TPSA) is 46.1 Å². The summed E-state index contributed by atoms with van der Waals surface area (Å²) >= 11 is 0. The third-order valence-corrected chi connectivity index (χ3v) is 3.53. The summed E-state index contributed by atoms with van der Waals surface area (Å²) in [5.41, 5.74) is 2.10. The van der Waals surface area contributed by atoms with Crippen molar-refractivity contribution >= 4 is 0 Å². The van der Waals surface area contributed by atoms with E-state index in [0.29, 0.717) is 6.54 Å². The minimum absolute atomic E-state index is 0.240. The smallest absolute Gasteiger partial charge is 0.128 e. The van der Waals surface area contributed by atoms with Gasteiger partial charge in [-0.25, -0.2) is 0 Å². The molecule has 0 saturated heterocycles. The van der Waals surface area contributed by atoms with E-state index in [9.17, 15) is 5.11 Å². The number of hydrogen-bond acceptors (Lipinski definition) is 2. The number of hydrogen-bond donors (Lipinski definition) is 2. The Morgan fingerprint density at radius 1 is 1.05 bits per heavy atom. The molecule has 3 nitrogen and oxygen atoms in total. The summed E-state index contributed by atoms with van der Waals surface area (Å²) in [5.74, 6) is 0.894. The van der Waals surface area contributed by atoms with Crippen molar-refractivity contribution < 1.29 is 15.2 Å². The molecule has 106 valence electrons. The Balaban J connectivity index is 1.97. The third-order valence-electron chi connectivity index (χ3n) is 3.53. The lowest BCUT2D eigenvalue weighted by Crippen LogP contribution is -2.85. The van der Waals surface area contributed by atoms with Gasteiger partial charge in [0, 0.05) is 0 Å². The molecule has 0 aliphatic heterocycles. The molecule has 2 aromatic rings. The van der Waals surface area contributed by atoms with Gasteiger partial charge in [-0.2, -0.15) is 0 Å². The molecule has 2 atom stereocenters. The molecule has 2 aromatic carbocycles. The first-order chi connectivity index (χ1) is 9.72. The minimum atomic E-state index is -0.451. The number of rotatable bonds is 6. The molecule has 0 bridgehead atoms. The SMILES string of the molecule is COc1ccccc1[C@@H](C)[NH2+]C[C@@H](O)c1ccccc1. The largest absolute Gasteiger partial charge is 0.496 e. The van der Waals surface area contributed by atoms with Gasteiger partial charge in [0.15, 0.2) is 0 Å². The number of para-hydroxylation sites is 1. The first kappa shape index (κ1) is 14.6. The number of quaternary nitrogens is 1. The summed E-state index contributed by atoms with van der Waals surface area (Å²) in [6.07, 6.45) is -0.451. The fourth-order valence-electron chi connectivity index (χ4n) is 2.31. The number of aliphatic hydroxyl groups is 1. The van der Waals surface area contributed by atoms with E-state index in [1.165, 1.54) is 0 Å². The highest BCUT2D eigenvalue weighted by Gasteiger charge is 2.16.